The van der Waals surface area contributed by atoms with Crippen LogP contribution in [0, 0.1) is 11.8 Å². The number of methoxy groups -OCH3 is 2. The SMILES string of the molecule is COc1cc2[nH]c3c(c2cc1OC)CCN1CC2C(C[C@H]31)C(OC(C)=O)=CO[C@H]2C.[HH].[HH]. The third-order valence-electron chi connectivity index (χ3n) is 6.93. The maximum absolute atomic E-state index is 11.6. The smallest absolute Gasteiger partial charge is 0.307 e. The van der Waals surface area contributed by atoms with E-state index in [2.05, 4.69) is 22.9 Å². The van der Waals surface area contributed by atoms with Gasteiger partial charge in [-0.2, -0.15) is 0 Å². The van der Waals surface area contributed by atoms with Gasteiger partial charge in [-0.1, -0.05) is 0 Å². The van der Waals surface area contributed by atoms with Gasteiger partial charge >= 0.3 is 5.97 Å². The van der Waals surface area contributed by atoms with Gasteiger partial charge in [0.1, 0.15) is 12.0 Å². The molecular formula is C23H32N2O5. The number of carbonyl (C=O) groups is 1. The van der Waals surface area contributed by atoms with Gasteiger partial charge in [0.25, 0.3) is 0 Å². The summed E-state index contributed by atoms with van der Waals surface area (Å²) >= 11 is 0. The van der Waals surface area contributed by atoms with E-state index in [4.69, 9.17) is 18.9 Å². The number of aromatic nitrogens is 1. The Kier molecular flexibility index (Phi) is 4.65. The Hall–Kier alpha value is -2.67. The van der Waals surface area contributed by atoms with Crippen LogP contribution in [0.3, 0.4) is 0 Å². The van der Waals surface area contributed by atoms with Crippen molar-refractivity contribution >= 4 is 16.9 Å². The largest absolute Gasteiger partial charge is 0.494 e. The van der Waals surface area contributed by atoms with Crippen molar-refractivity contribution in [2.24, 2.45) is 11.8 Å². The van der Waals surface area contributed by atoms with Crippen LogP contribution in [0.25, 0.3) is 10.9 Å². The zero-order chi connectivity index (χ0) is 21.0. The van der Waals surface area contributed by atoms with Crippen molar-refractivity contribution < 1.29 is 26.6 Å². The van der Waals surface area contributed by atoms with Crippen molar-refractivity contribution in [1.29, 1.82) is 0 Å². The minimum absolute atomic E-state index is 0. The molecule has 2 aromatic rings. The first-order valence-electron chi connectivity index (χ1n) is 10.5. The van der Waals surface area contributed by atoms with Crippen molar-refractivity contribution in [3.05, 3.63) is 35.4 Å². The second kappa shape index (κ2) is 7.23. The first kappa shape index (κ1) is 19.3. The van der Waals surface area contributed by atoms with Crippen molar-refractivity contribution in [2.75, 3.05) is 27.3 Å². The van der Waals surface area contributed by atoms with Crippen LogP contribution in [-0.4, -0.2) is 49.3 Å². The number of nitrogens with zero attached hydrogens (tertiary/aromatic N) is 1. The van der Waals surface area contributed by atoms with Gasteiger partial charge < -0.3 is 23.9 Å². The number of carbonyl (C=O) groups excluding carboxylic acids is 1. The standard InChI is InChI=1S/C23H28N2O5.2H2/c1-12-17-10-25-6-5-14-15-8-20(27-3)21(28-4)9-18(15)24-23(14)19(25)7-16(17)22(11-29-12)30-13(2)26;;/h8-9,11-12,16-17,19,24H,5-7,10H2,1-4H3;2*1H/t12-,16?,17?,19+;;/m0../s1. The first-order chi connectivity index (χ1) is 14.5. The van der Waals surface area contributed by atoms with E-state index in [1.165, 1.54) is 23.6 Å². The molecule has 4 heterocycles. The van der Waals surface area contributed by atoms with Gasteiger partial charge in [-0.05, 0) is 31.4 Å². The molecule has 0 bridgehead atoms. The lowest BCUT2D eigenvalue weighted by molar-refractivity contribution is -0.141. The summed E-state index contributed by atoms with van der Waals surface area (Å²) in [7, 11) is 3.33. The lowest BCUT2D eigenvalue weighted by Crippen LogP contribution is -2.51. The van der Waals surface area contributed by atoms with E-state index in [9.17, 15) is 4.79 Å². The average Bonchev–Trinajstić information content (AvgIpc) is 3.11. The van der Waals surface area contributed by atoms with Gasteiger partial charge in [0.2, 0.25) is 0 Å². The fourth-order valence-corrected chi connectivity index (χ4v) is 5.48. The molecule has 7 nitrogen and oxygen atoms in total. The molecule has 4 atom stereocenters. The minimum atomic E-state index is -0.297. The summed E-state index contributed by atoms with van der Waals surface area (Å²) < 4.78 is 22.4. The topological polar surface area (TPSA) is 73.0 Å². The molecule has 5 rings (SSSR count). The average molecular weight is 417 g/mol. The molecule has 0 amide bonds. The predicted molar refractivity (Wildman–Crippen MR) is 116 cm³/mol. The number of allylic oxidation sites excluding steroid dienone is 1. The van der Waals surface area contributed by atoms with Crippen molar-refractivity contribution in [2.45, 2.75) is 38.8 Å². The maximum Gasteiger partial charge on any atom is 0.307 e. The minimum Gasteiger partial charge on any atom is -0.494 e. The Labute approximate surface area is 178 Å². The molecule has 1 aromatic heterocycles. The van der Waals surface area contributed by atoms with Gasteiger partial charge in [-0.3, -0.25) is 9.69 Å². The number of fused-ring (bicyclic) bond motifs is 6. The molecule has 3 aliphatic rings. The van der Waals surface area contributed by atoms with Crippen LogP contribution in [0.1, 0.15) is 40.4 Å². The van der Waals surface area contributed by atoms with Gasteiger partial charge in [0.05, 0.1) is 26.4 Å². The first-order valence-corrected chi connectivity index (χ1v) is 10.5. The summed E-state index contributed by atoms with van der Waals surface area (Å²) in [6, 6.07) is 4.35. The van der Waals surface area contributed by atoms with Gasteiger partial charge in [0, 0.05) is 57.4 Å². The molecule has 0 radical (unpaired) electrons. The molecule has 1 fully saturated rings. The van der Waals surface area contributed by atoms with Crippen molar-refractivity contribution in [3.63, 3.8) is 0 Å². The number of piperidine rings is 1. The van der Waals surface area contributed by atoms with E-state index in [1.807, 2.05) is 6.07 Å². The number of nitrogens with one attached hydrogen (secondary N) is 1. The summed E-state index contributed by atoms with van der Waals surface area (Å²) in [5.74, 6) is 2.32. The van der Waals surface area contributed by atoms with Crippen LogP contribution in [-0.2, 0) is 20.7 Å². The van der Waals surface area contributed by atoms with E-state index in [0.717, 1.165) is 42.9 Å². The molecule has 1 saturated heterocycles. The van der Waals surface area contributed by atoms with Crippen LogP contribution in [0.2, 0.25) is 0 Å². The maximum atomic E-state index is 11.6. The second-order valence-corrected chi connectivity index (χ2v) is 8.49. The molecule has 2 unspecified atom stereocenters. The number of benzene rings is 1. The second-order valence-electron chi connectivity index (χ2n) is 8.49. The quantitative estimate of drug-likeness (QED) is 0.762. The number of H-pyrrole nitrogens is 1. The summed E-state index contributed by atoms with van der Waals surface area (Å²) in [4.78, 5) is 17.8. The highest BCUT2D eigenvalue weighted by molar-refractivity contribution is 5.88. The number of rotatable bonds is 3. The highest BCUT2D eigenvalue weighted by Crippen LogP contribution is 2.48. The summed E-state index contributed by atoms with van der Waals surface area (Å²) in [5, 5.41) is 1.19. The molecule has 3 aliphatic heterocycles. The number of ether oxygens (including phenoxy) is 4. The summed E-state index contributed by atoms with van der Waals surface area (Å²) in [6.07, 6.45) is 3.63. The molecule has 164 valence electrons. The molecule has 0 aliphatic carbocycles. The van der Waals surface area contributed by atoms with E-state index in [1.54, 1.807) is 20.5 Å². The molecule has 7 heteroatoms. The molecule has 0 saturated carbocycles. The third kappa shape index (κ3) is 2.95. The molecule has 30 heavy (non-hydrogen) atoms. The van der Waals surface area contributed by atoms with E-state index in [0.29, 0.717) is 11.7 Å². The fraction of sp³-hybridized carbons (Fsp3) is 0.522. The Morgan fingerprint density at radius 1 is 1.27 bits per heavy atom. The molecule has 0 spiro atoms. The van der Waals surface area contributed by atoms with E-state index in [-0.39, 0.29) is 26.9 Å². The molecule has 1 aromatic carbocycles. The Balaban J connectivity index is 0.00000144. The Morgan fingerprint density at radius 3 is 2.77 bits per heavy atom. The molecule has 1 N–H and O–H groups in total. The number of hydrogen-bond donors (Lipinski definition) is 1. The number of hydrogen-bond acceptors (Lipinski definition) is 6. The van der Waals surface area contributed by atoms with Crippen LogP contribution < -0.4 is 9.47 Å². The van der Waals surface area contributed by atoms with Crippen LogP contribution in [0.5, 0.6) is 11.5 Å². The predicted octanol–water partition coefficient (Wildman–Crippen LogP) is 4.04. The third-order valence-corrected chi connectivity index (χ3v) is 6.93. The highest BCUT2D eigenvalue weighted by Gasteiger charge is 2.46. The lowest BCUT2D eigenvalue weighted by Gasteiger charge is -2.49. The van der Waals surface area contributed by atoms with E-state index >= 15 is 0 Å². The zero-order valence-electron chi connectivity index (χ0n) is 17.9. The number of esters is 1. The normalized spacial score (nSPS) is 27.9. The van der Waals surface area contributed by atoms with Gasteiger partial charge in [-0.15, -0.1) is 0 Å². The van der Waals surface area contributed by atoms with Crippen LogP contribution >= 0.6 is 0 Å². The number of aromatic amines is 1. The summed E-state index contributed by atoms with van der Waals surface area (Å²) in [6.45, 7) is 5.48. The van der Waals surface area contributed by atoms with Crippen molar-refractivity contribution in [1.82, 2.24) is 9.88 Å². The van der Waals surface area contributed by atoms with E-state index < -0.39 is 0 Å². The summed E-state index contributed by atoms with van der Waals surface area (Å²) in [5.41, 5.74) is 3.67. The van der Waals surface area contributed by atoms with Crippen LogP contribution in [0.15, 0.2) is 24.2 Å². The van der Waals surface area contributed by atoms with Crippen LogP contribution in [0.4, 0.5) is 0 Å². The highest BCUT2D eigenvalue weighted by atomic mass is 16.6. The fourth-order valence-electron chi connectivity index (χ4n) is 5.48. The zero-order valence-corrected chi connectivity index (χ0v) is 17.9. The lowest BCUT2D eigenvalue weighted by atomic mass is 9.74. The molecular weight excluding hydrogens is 384 g/mol. The van der Waals surface area contributed by atoms with Crippen molar-refractivity contribution in [3.8, 4) is 11.5 Å². The monoisotopic (exact) mass is 416 g/mol. The Bertz CT molecular complexity index is 1040. The Morgan fingerprint density at radius 2 is 2.03 bits per heavy atom. The van der Waals surface area contributed by atoms with Gasteiger partial charge in [0.15, 0.2) is 11.5 Å². The van der Waals surface area contributed by atoms with Gasteiger partial charge in [-0.25, -0.2) is 0 Å².